The van der Waals surface area contributed by atoms with E-state index in [0.29, 0.717) is 24.5 Å². The number of hydrogen-bond donors (Lipinski definition) is 0. The molecule has 21 heavy (non-hydrogen) atoms. The summed E-state index contributed by atoms with van der Waals surface area (Å²) in [6.07, 6.45) is 0. The molecule has 1 fully saturated rings. The molecule has 0 radical (unpaired) electrons. The molecule has 1 saturated heterocycles. The highest BCUT2D eigenvalue weighted by atomic mass is 19.1. The van der Waals surface area contributed by atoms with E-state index in [1.807, 2.05) is 6.92 Å². The van der Waals surface area contributed by atoms with Crippen LogP contribution in [-0.2, 0) is 14.2 Å². The monoisotopic (exact) mass is 298 g/mol. The van der Waals surface area contributed by atoms with E-state index in [0.717, 1.165) is 5.56 Å². The van der Waals surface area contributed by atoms with Gasteiger partial charge in [-0.2, -0.15) is 0 Å². The van der Waals surface area contributed by atoms with Gasteiger partial charge in [-0.15, -0.1) is 0 Å². The fraction of sp³-hybridized carbons (Fsp3) is 0.533. The molecule has 1 heterocycles. The van der Waals surface area contributed by atoms with Crippen LogP contribution in [0.4, 0.5) is 4.39 Å². The molecule has 0 atom stereocenters. The zero-order chi connectivity index (χ0) is 15.3. The van der Waals surface area contributed by atoms with Gasteiger partial charge in [0.25, 0.3) is 0 Å². The van der Waals surface area contributed by atoms with Crippen molar-refractivity contribution in [1.29, 1.82) is 0 Å². The lowest BCUT2D eigenvalue weighted by Gasteiger charge is -2.23. The molecule has 6 heteroatoms. The first kappa shape index (κ1) is 15.7. The Kier molecular flexibility index (Phi) is 5.14. The molecule has 1 aromatic rings. The van der Waals surface area contributed by atoms with Gasteiger partial charge in [0.05, 0.1) is 39.1 Å². The van der Waals surface area contributed by atoms with Crippen LogP contribution in [0.5, 0.6) is 5.75 Å². The van der Waals surface area contributed by atoms with Gasteiger partial charge in [-0.3, -0.25) is 0 Å². The molecule has 0 bridgehead atoms. The molecule has 0 unspecified atom stereocenters. The maximum Gasteiger partial charge on any atom is 0.337 e. The average Bonchev–Trinajstić information content (AvgIpc) is 2.71. The SMILES string of the molecule is COC(=O)c1ccc(C)c(OCC2(F)COCCOC2)c1. The zero-order valence-corrected chi connectivity index (χ0v) is 12.2. The lowest BCUT2D eigenvalue weighted by molar-refractivity contribution is -0.0183. The number of carbonyl (C=O) groups excluding carboxylic acids is 1. The van der Waals surface area contributed by atoms with Crippen LogP contribution in [0.2, 0.25) is 0 Å². The lowest BCUT2D eigenvalue weighted by atomic mass is 10.1. The maximum absolute atomic E-state index is 14.5. The second kappa shape index (κ2) is 6.87. The van der Waals surface area contributed by atoms with Crippen molar-refractivity contribution < 1.29 is 28.1 Å². The number of carbonyl (C=O) groups is 1. The van der Waals surface area contributed by atoms with Gasteiger partial charge in [0.2, 0.25) is 0 Å². The van der Waals surface area contributed by atoms with Crippen molar-refractivity contribution in [2.75, 3.05) is 40.1 Å². The Morgan fingerprint density at radius 3 is 2.62 bits per heavy atom. The summed E-state index contributed by atoms with van der Waals surface area (Å²) >= 11 is 0. The summed E-state index contributed by atoms with van der Waals surface area (Å²) in [4.78, 5) is 11.5. The van der Waals surface area contributed by atoms with Crippen LogP contribution >= 0.6 is 0 Å². The third-order valence-corrected chi connectivity index (χ3v) is 3.19. The smallest absolute Gasteiger partial charge is 0.337 e. The van der Waals surface area contributed by atoms with E-state index in [-0.39, 0.29) is 19.8 Å². The van der Waals surface area contributed by atoms with E-state index < -0.39 is 11.6 Å². The Morgan fingerprint density at radius 1 is 1.33 bits per heavy atom. The van der Waals surface area contributed by atoms with Crippen molar-refractivity contribution in [3.8, 4) is 5.75 Å². The fourth-order valence-electron chi connectivity index (χ4n) is 1.96. The predicted octanol–water partition coefficient (Wildman–Crippen LogP) is 1.92. The summed E-state index contributed by atoms with van der Waals surface area (Å²) in [5, 5.41) is 0. The van der Waals surface area contributed by atoms with E-state index in [4.69, 9.17) is 14.2 Å². The lowest BCUT2D eigenvalue weighted by Crippen LogP contribution is -2.39. The molecule has 0 aliphatic carbocycles. The van der Waals surface area contributed by atoms with Gasteiger partial charge in [0.1, 0.15) is 12.4 Å². The van der Waals surface area contributed by atoms with Gasteiger partial charge in [-0.1, -0.05) is 6.07 Å². The Labute approximate surface area is 122 Å². The van der Waals surface area contributed by atoms with Crippen LogP contribution in [-0.4, -0.2) is 51.8 Å². The molecule has 2 rings (SSSR count). The normalized spacial score (nSPS) is 17.9. The Morgan fingerprint density at radius 2 is 2.00 bits per heavy atom. The highest BCUT2D eigenvalue weighted by molar-refractivity contribution is 5.89. The number of methoxy groups -OCH3 is 1. The van der Waals surface area contributed by atoms with Crippen molar-refractivity contribution in [2.45, 2.75) is 12.6 Å². The van der Waals surface area contributed by atoms with Gasteiger partial charge in [-0.05, 0) is 24.6 Å². The third-order valence-electron chi connectivity index (χ3n) is 3.19. The highest BCUT2D eigenvalue weighted by Gasteiger charge is 2.33. The second-order valence-electron chi connectivity index (χ2n) is 5.02. The Hall–Kier alpha value is -1.66. The van der Waals surface area contributed by atoms with Crippen LogP contribution in [0.3, 0.4) is 0 Å². The topological polar surface area (TPSA) is 54.0 Å². The number of alkyl halides is 1. The van der Waals surface area contributed by atoms with E-state index in [9.17, 15) is 9.18 Å². The highest BCUT2D eigenvalue weighted by Crippen LogP contribution is 2.23. The molecule has 5 nitrogen and oxygen atoms in total. The number of hydrogen-bond acceptors (Lipinski definition) is 5. The van der Waals surface area contributed by atoms with Crippen molar-refractivity contribution in [2.24, 2.45) is 0 Å². The molecule has 0 amide bonds. The Bertz CT molecular complexity index is 495. The Balaban J connectivity index is 2.06. The number of halogens is 1. The second-order valence-corrected chi connectivity index (χ2v) is 5.02. The average molecular weight is 298 g/mol. The minimum absolute atomic E-state index is 0.0667. The molecular weight excluding hydrogens is 279 g/mol. The minimum Gasteiger partial charge on any atom is -0.490 e. The van der Waals surface area contributed by atoms with E-state index in [2.05, 4.69) is 4.74 Å². The van der Waals surface area contributed by atoms with Crippen molar-refractivity contribution in [3.05, 3.63) is 29.3 Å². The number of benzene rings is 1. The van der Waals surface area contributed by atoms with Crippen LogP contribution in [0, 0.1) is 6.92 Å². The molecule has 0 spiro atoms. The standard InChI is InChI=1S/C15H19FO5/c1-11-3-4-12(14(17)18-2)7-13(11)21-10-15(16)8-19-5-6-20-9-15/h3-4,7H,5-6,8-10H2,1-2H3. The van der Waals surface area contributed by atoms with Crippen LogP contribution in [0.1, 0.15) is 15.9 Å². The zero-order valence-electron chi connectivity index (χ0n) is 12.2. The molecule has 0 N–H and O–H groups in total. The molecule has 0 aromatic heterocycles. The fourth-order valence-corrected chi connectivity index (χ4v) is 1.96. The van der Waals surface area contributed by atoms with E-state index in [1.165, 1.54) is 7.11 Å². The first-order valence-electron chi connectivity index (χ1n) is 6.70. The maximum atomic E-state index is 14.5. The van der Waals surface area contributed by atoms with Gasteiger partial charge < -0.3 is 18.9 Å². The van der Waals surface area contributed by atoms with E-state index >= 15 is 0 Å². The van der Waals surface area contributed by atoms with Crippen molar-refractivity contribution in [1.82, 2.24) is 0 Å². The first-order valence-corrected chi connectivity index (χ1v) is 6.70. The van der Waals surface area contributed by atoms with Gasteiger partial charge in [0.15, 0.2) is 5.67 Å². The molecule has 1 aliphatic heterocycles. The molecule has 0 saturated carbocycles. The molecule has 1 aliphatic rings. The van der Waals surface area contributed by atoms with Crippen LogP contribution in [0.25, 0.3) is 0 Å². The summed E-state index contributed by atoms with van der Waals surface area (Å²) < 4.78 is 35.0. The predicted molar refractivity (Wildman–Crippen MR) is 73.5 cm³/mol. The van der Waals surface area contributed by atoms with Crippen molar-refractivity contribution in [3.63, 3.8) is 0 Å². The van der Waals surface area contributed by atoms with Gasteiger partial charge in [0, 0.05) is 0 Å². The summed E-state index contributed by atoms with van der Waals surface area (Å²) in [5.41, 5.74) is -0.523. The largest absolute Gasteiger partial charge is 0.490 e. The summed E-state index contributed by atoms with van der Waals surface area (Å²) in [6.45, 7) is 2.25. The van der Waals surface area contributed by atoms with Crippen LogP contribution < -0.4 is 4.74 Å². The molecule has 116 valence electrons. The third kappa shape index (κ3) is 4.15. The number of esters is 1. The first-order chi connectivity index (χ1) is 10.0. The quantitative estimate of drug-likeness (QED) is 0.795. The van der Waals surface area contributed by atoms with Gasteiger partial charge >= 0.3 is 5.97 Å². The summed E-state index contributed by atoms with van der Waals surface area (Å²) in [7, 11) is 1.31. The minimum atomic E-state index is -1.69. The summed E-state index contributed by atoms with van der Waals surface area (Å²) in [6, 6.07) is 4.91. The molecule has 1 aromatic carbocycles. The summed E-state index contributed by atoms with van der Waals surface area (Å²) in [5.74, 6) is -0.0184. The number of ether oxygens (including phenoxy) is 4. The van der Waals surface area contributed by atoms with Crippen LogP contribution in [0.15, 0.2) is 18.2 Å². The number of rotatable bonds is 4. The van der Waals surface area contributed by atoms with Crippen molar-refractivity contribution >= 4 is 5.97 Å². The van der Waals surface area contributed by atoms with Gasteiger partial charge in [-0.25, -0.2) is 9.18 Å². The number of aryl methyl sites for hydroxylation is 1. The van der Waals surface area contributed by atoms with E-state index in [1.54, 1.807) is 18.2 Å². The molecular formula is C15H19FO5.